The fourth-order valence-corrected chi connectivity index (χ4v) is 2.65. The standard InChI is InChI=1S/C13H16F3N5/c14-13(15,16)12-19-10-9-17-5-3-11(10)21(12)8-2-7-20-6-1-4-18-20/h1,4,6,17H,2-3,5,7-9H2. The van der Waals surface area contributed by atoms with Crippen LogP contribution in [0, 0.1) is 0 Å². The third kappa shape index (κ3) is 2.94. The average Bonchev–Trinajstić information content (AvgIpc) is 3.06. The van der Waals surface area contributed by atoms with E-state index in [0.717, 1.165) is 0 Å². The molecule has 0 aromatic carbocycles. The summed E-state index contributed by atoms with van der Waals surface area (Å²) in [5.74, 6) is -0.781. The minimum Gasteiger partial charge on any atom is -0.324 e. The number of aryl methyl sites for hydroxylation is 1. The van der Waals surface area contributed by atoms with Gasteiger partial charge in [0.25, 0.3) is 0 Å². The van der Waals surface area contributed by atoms with Crippen molar-refractivity contribution in [1.29, 1.82) is 0 Å². The van der Waals surface area contributed by atoms with E-state index in [0.29, 0.717) is 50.4 Å². The number of imidazole rings is 1. The summed E-state index contributed by atoms with van der Waals surface area (Å²) in [4.78, 5) is 3.79. The van der Waals surface area contributed by atoms with Gasteiger partial charge >= 0.3 is 6.18 Å². The molecule has 21 heavy (non-hydrogen) atoms. The van der Waals surface area contributed by atoms with E-state index in [-0.39, 0.29) is 0 Å². The first-order valence-electron chi connectivity index (χ1n) is 6.89. The molecule has 0 bridgehead atoms. The van der Waals surface area contributed by atoms with Crippen LogP contribution in [0.4, 0.5) is 13.2 Å². The van der Waals surface area contributed by atoms with Gasteiger partial charge in [-0.15, -0.1) is 0 Å². The Morgan fingerprint density at radius 3 is 2.86 bits per heavy atom. The Bertz CT molecular complexity index is 600. The molecule has 8 heteroatoms. The van der Waals surface area contributed by atoms with E-state index in [2.05, 4.69) is 15.4 Å². The molecule has 0 saturated heterocycles. The first-order valence-corrected chi connectivity index (χ1v) is 6.89. The minimum absolute atomic E-state index is 0.303. The van der Waals surface area contributed by atoms with Crippen LogP contribution >= 0.6 is 0 Å². The van der Waals surface area contributed by atoms with Gasteiger partial charge in [0.15, 0.2) is 0 Å². The molecule has 0 aliphatic carbocycles. The second kappa shape index (κ2) is 5.51. The number of aromatic nitrogens is 4. The molecule has 3 heterocycles. The lowest BCUT2D eigenvalue weighted by atomic mass is 10.2. The van der Waals surface area contributed by atoms with E-state index >= 15 is 0 Å². The number of nitrogens with one attached hydrogen (secondary N) is 1. The van der Waals surface area contributed by atoms with E-state index in [4.69, 9.17) is 0 Å². The van der Waals surface area contributed by atoms with E-state index in [1.54, 1.807) is 23.1 Å². The average molecular weight is 299 g/mol. The maximum atomic E-state index is 13.1. The predicted molar refractivity (Wildman–Crippen MR) is 69.5 cm³/mol. The topological polar surface area (TPSA) is 47.7 Å². The summed E-state index contributed by atoms with van der Waals surface area (Å²) in [7, 11) is 0. The van der Waals surface area contributed by atoms with Gasteiger partial charge in [0, 0.05) is 50.7 Å². The zero-order chi connectivity index (χ0) is 14.9. The van der Waals surface area contributed by atoms with Crippen molar-refractivity contribution in [1.82, 2.24) is 24.6 Å². The molecule has 1 aliphatic rings. The molecule has 1 aliphatic heterocycles. The molecule has 2 aromatic rings. The second-order valence-electron chi connectivity index (χ2n) is 5.03. The fraction of sp³-hybridized carbons (Fsp3) is 0.538. The summed E-state index contributed by atoms with van der Waals surface area (Å²) < 4.78 is 42.4. The van der Waals surface area contributed by atoms with Gasteiger partial charge in [-0.2, -0.15) is 18.3 Å². The monoisotopic (exact) mass is 299 g/mol. The Labute approximate surface area is 119 Å². The smallest absolute Gasteiger partial charge is 0.324 e. The third-order valence-electron chi connectivity index (χ3n) is 3.57. The summed E-state index contributed by atoms with van der Waals surface area (Å²) in [5, 5.41) is 7.11. The van der Waals surface area contributed by atoms with Crippen molar-refractivity contribution >= 4 is 0 Å². The Morgan fingerprint density at radius 1 is 1.29 bits per heavy atom. The van der Waals surface area contributed by atoms with Gasteiger partial charge in [0.1, 0.15) is 0 Å². The van der Waals surface area contributed by atoms with Crippen molar-refractivity contribution in [2.45, 2.75) is 38.7 Å². The summed E-state index contributed by atoms with van der Waals surface area (Å²) in [6, 6.07) is 1.80. The van der Waals surface area contributed by atoms with Crippen LogP contribution in [0.1, 0.15) is 23.6 Å². The van der Waals surface area contributed by atoms with Crippen molar-refractivity contribution in [3.8, 4) is 0 Å². The Morgan fingerprint density at radius 2 is 2.14 bits per heavy atom. The van der Waals surface area contributed by atoms with Crippen LogP contribution in [0.15, 0.2) is 18.5 Å². The highest BCUT2D eigenvalue weighted by Crippen LogP contribution is 2.31. The maximum Gasteiger partial charge on any atom is 0.449 e. The Balaban J connectivity index is 1.80. The van der Waals surface area contributed by atoms with Gasteiger partial charge in [-0.3, -0.25) is 4.68 Å². The molecule has 114 valence electrons. The van der Waals surface area contributed by atoms with Gasteiger partial charge in [0.2, 0.25) is 5.82 Å². The fourth-order valence-electron chi connectivity index (χ4n) is 2.65. The van der Waals surface area contributed by atoms with Crippen LogP contribution in [0.3, 0.4) is 0 Å². The van der Waals surface area contributed by atoms with Crippen LogP contribution in [-0.2, 0) is 32.2 Å². The van der Waals surface area contributed by atoms with E-state index < -0.39 is 12.0 Å². The Hall–Kier alpha value is -1.83. The molecular formula is C13H16F3N5. The third-order valence-corrected chi connectivity index (χ3v) is 3.57. The van der Waals surface area contributed by atoms with Gasteiger partial charge in [0.05, 0.1) is 5.69 Å². The SMILES string of the molecule is FC(F)(F)c1nc2c(n1CCCn1cccn1)CCNC2. The largest absolute Gasteiger partial charge is 0.449 e. The second-order valence-corrected chi connectivity index (χ2v) is 5.03. The van der Waals surface area contributed by atoms with Crippen molar-refractivity contribution in [3.05, 3.63) is 35.7 Å². The molecule has 0 unspecified atom stereocenters. The van der Waals surface area contributed by atoms with E-state index in [9.17, 15) is 13.2 Å². The molecule has 0 spiro atoms. The van der Waals surface area contributed by atoms with Crippen LogP contribution in [-0.4, -0.2) is 25.9 Å². The number of hydrogen-bond acceptors (Lipinski definition) is 3. The molecule has 0 atom stereocenters. The van der Waals surface area contributed by atoms with Crippen molar-refractivity contribution in [2.24, 2.45) is 0 Å². The molecular weight excluding hydrogens is 283 g/mol. The number of rotatable bonds is 4. The molecule has 0 saturated carbocycles. The number of alkyl halides is 3. The normalized spacial score (nSPS) is 15.2. The predicted octanol–water partition coefficient (Wildman–Crippen LogP) is 1.83. The van der Waals surface area contributed by atoms with Crippen LogP contribution in [0.25, 0.3) is 0 Å². The van der Waals surface area contributed by atoms with Crippen LogP contribution < -0.4 is 5.32 Å². The zero-order valence-corrected chi connectivity index (χ0v) is 11.4. The zero-order valence-electron chi connectivity index (χ0n) is 11.4. The number of halogens is 3. The number of nitrogens with zero attached hydrogens (tertiary/aromatic N) is 4. The van der Waals surface area contributed by atoms with Gasteiger partial charge in [-0.25, -0.2) is 4.98 Å². The molecule has 0 amide bonds. The van der Waals surface area contributed by atoms with E-state index in [1.165, 1.54) is 4.57 Å². The lowest BCUT2D eigenvalue weighted by Gasteiger charge is -2.16. The van der Waals surface area contributed by atoms with Gasteiger partial charge < -0.3 is 9.88 Å². The van der Waals surface area contributed by atoms with E-state index in [1.807, 2.05) is 0 Å². The summed E-state index contributed by atoms with van der Waals surface area (Å²) in [6.45, 7) is 1.99. The van der Waals surface area contributed by atoms with Gasteiger partial charge in [-0.05, 0) is 12.5 Å². The lowest BCUT2D eigenvalue weighted by Crippen LogP contribution is -2.25. The molecule has 0 radical (unpaired) electrons. The summed E-state index contributed by atoms with van der Waals surface area (Å²) in [6.07, 6.45) is 0.216. The molecule has 2 aromatic heterocycles. The van der Waals surface area contributed by atoms with Crippen molar-refractivity contribution in [3.63, 3.8) is 0 Å². The van der Waals surface area contributed by atoms with Gasteiger partial charge in [-0.1, -0.05) is 0 Å². The minimum atomic E-state index is -4.41. The van der Waals surface area contributed by atoms with Crippen LogP contribution in [0.5, 0.6) is 0 Å². The lowest BCUT2D eigenvalue weighted by molar-refractivity contribution is -0.147. The molecule has 5 nitrogen and oxygen atoms in total. The van der Waals surface area contributed by atoms with Crippen molar-refractivity contribution < 1.29 is 13.2 Å². The summed E-state index contributed by atoms with van der Waals surface area (Å²) >= 11 is 0. The highest BCUT2D eigenvalue weighted by Gasteiger charge is 2.38. The molecule has 3 rings (SSSR count). The highest BCUT2D eigenvalue weighted by atomic mass is 19.4. The quantitative estimate of drug-likeness (QED) is 0.937. The van der Waals surface area contributed by atoms with Crippen LogP contribution in [0.2, 0.25) is 0 Å². The summed E-state index contributed by atoms with van der Waals surface area (Å²) in [5.41, 5.74) is 1.23. The number of fused-ring (bicyclic) bond motifs is 1. The number of hydrogen-bond donors (Lipinski definition) is 1. The first-order chi connectivity index (χ1) is 10.1. The van der Waals surface area contributed by atoms with Crippen molar-refractivity contribution in [2.75, 3.05) is 6.54 Å². The Kier molecular flexibility index (Phi) is 3.71. The first kappa shape index (κ1) is 14.1. The highest BCUT2D eigenvalue weighted by molar-refractivity contribution is 5.21. The molecule has 1 N–H and O–H groups in total. The molecule has 0 fully saturated rings. The maximum absolute atomic E-state index is 13.1.